The van der Waals surface area contributed by atoms with Gasteiger partial charge >= 0.3 is 0 Å². The molecule has 0 aliphatic heterocycles. The molecule has 0 radical (unpaired) electrons. The largest absolute Gasteiger partial charge is 0.309 e. The highest BCUT2D eigenvalue weighted by Crippen LogP contribution is 2.46. The van der Waals surface area contributed by atoms with Gasteiger partial charge in [0.2, 0.25) is 0 Å². The third kappa shape index (κ3) is 3.89. The van der Waals surface area contributed by atoms with Crippen molar-refractivity contribution in [2.45, 2.75) is 6.42 Å². The fourth-order valence-electron chi connectivity index (χ4n) is 8.83. The molecule has 0 fully saturated rings. The lowest BCUT2D eigenvalue weighted by atomic mass is 9.90. The van der Waals surface area contributed by atoms with Crippen LogP contribution in [0.15, 0.2) is 176 Å². The second-order valence-electron chi connectivity index (χ2n) is 13.6. The van der Waals surface area contributed by atoms with Gasteiger partial charge in [-0.3, -0.25) is 0 Å². The predicted molar refractivity (Wildman–Crippen MR) is 212 cm³/mol. The number of fused-ring (bicyclic) bond motifs is 12. The molecule has 0 saturated carbocycles. The van der Waals surface area contributed by atoms with Crippen LogP contribution in [0.25, 0.3) is 93.2 Å². The van der Waals surface area contributed by atoms with E-state index in [0.29, 0.717) is 0 Å². The SMILES string of the molecule is c1cc(-c2ccc3c4ccccc4c4ccccc4c3c2)cc(-c2cccc3c2Cc2c-3cccc2-n2c3ccccc3c3ccccc32)c1. The Bertz CT molecular complexity index is 2920. The quantitative estimate of drug-likeness (QED) is 0.171. The van der Waals surface area contributed by atoms with Crippen LogP contribution >= 0.6 is 0 Å². The Labute approximate surface area is 290 Å². The van der Waals surface area contributed by atoms with E-state index in [1.165, 1.54) is 104 Å². The van der Waals surface area contributed by atoms with E-state index < -0.39 is 0 Å². The van der Waals surface area contributed by atoms with E-state index in [4.69, 9.17) is 0 Å². The topological polar surface area (TPSA) is 4.93 Å². The molecule has 1 aromatic heterocycles. The smallest absolute Gasteiger partial charge is 0.0541 e. The summed E-state index contributed by atoms with van der Waals surface area (Å²) in [4.78, 5) is 0. The van der Waals surface area contributed by atoms with Gasteiger partial charge in [-0.25, -0.2) is 0 Å². The predicted octanol–water partition coefficient (Wildman–Crippen LogP) is 13.1. The fourth-order valence-corrected chi connectivity index (χ4v) is 8.83. The third-order valence-electron chi connectivity index (χ3n) is 11.0. The van der Waals surface area contributed by atoms with Gasteiger partial charge in [-0.05, 0) is 107 Å². The van der Waals surface area contributed by atoms with Crippen molar-refractivity contribution in [1.82, 2.24) is 4.57 Å². The van der Waals surface area contributed by atoms with Crippen molar-refractivity contribution in [2.24, 2.45) is 0 Å². The molecule has 1 aliphatic carbocycles. The first-order valence-corrected chi connectivity index (χ1v) is 17.5. The van der Waals surface area contributed by atoms with Crippen LogP contribution in [-0.2, 0) is 6.42 Å². The van der Waals surface area contributed by atoms with Crippen LogP contribution in [0.3, 0.4) is 0 Å². The number of para-hydroxylation sites is 2. The van der Waals surface area contributed by atoms with Crippen molar-refractivity contribution >= 4 is 54.1 Å². The summed E-state index contributed by atoms with van der Waals surface area (Å²) in [5, 5.41) is 10.4. The highest BCUT2D eigenvalue weighted by molar-refractivity contribution is 6.25. The Hall–Kier alpha value is -6.44. The maximum atomic E-state index is 2.47. The fraction of sp³-hybridized carbons (Fsp3) is 0.0204. The van der Waals surface area contributed by atoms with Gasteiger partial charge < -0.3 is 4.57 Å². The van der Waals surface area contributed by atoms with Crippen LogP contribution in [-0.4, -0.2) is 4.57 Å². The first-order valence-electron chi connectivity index (χ1n) is 17.5. The van der Waals surface area contributed by atoms with Gasteiger partial charge in [-0.2, -0.15) is 0 Å². The van der Waals surface area contributed by atoms with Crippen molar-refractivity contribution in [3.05, 3.63) is 187 Å². The van der Waals surface area contributed by atoms with Crippen LogP contribution in [0.1, 0.15) is 11.1 Å². The van der Waals surface area contributed by atoms with E-state index >= 15 is 0 Å². The Morgan fingerprint density at radius 1 is 0.300 bits per heavy atom. The van der Waals surface area contributed by atoms with Crippen LogP contribution in [0.2, 0.25) is 0 Å². The summed E-state index contributed by atoms with van der Waals surface area (Å²) in [5.74, 6) is 0. The van der Waals surface area contributed by atoms with Gasteiger partial charge in [-0.1, -0.05) is 146 Å². The van der Waals surface area contributed by atoms with Crippen LogP contribution < -0.4 is 0 Å². The third-order valence-corrected chi connectivity index (χ3v) is 11.0. The second kappa shape index (κ2) is 10.5. The minimum Gasteiger partial charge on any atom is -0.309 e. The molecule has 0 bridgehead atoms. The van der Waals surface area contributed by atoms with Gasteiger partial charge in [-0.15, -0.1) is 0 Å². The summed E-state index contributed by atoms with van der Waals surface area (Å²) in [6, 6.07) is 65.1. The number of nitrogens with zero attached hydrogens (tertiary/aromatic N) is 1. The van der Waals surface area contributed by atoms with Crippen LogP contribution in [0.4, 0.5) is 0 Å². The molecule has 0 amide bonds. The molecular weight excluding hydrogens is 603 g/mol. The normalized spacial score (nSPS) is 12.3. The van der Waals surface area contributed by atoms with E-state index in [2.05, 4.69) is 180 Å². The molecule has 232 valence electrons. The first-order chi connectivity index (χ1) is 24.8. The molecule has 1 heteroatoms. The van der Waals surface area contributed by atoms with Crippen molar-refractivity contribution in [3.8, 4) is 39.1 Å². The van der Waals surface area contributed by atoms with Gasteiger partial charge in [0, 0.05) is 17.2 Å². The number of hydrogen-bond donors (Lipinski definition) is 0. The minimum atomic E-state index is 0.900. The zero-order valence-corrected chi connectivity index (χ0v) is 27.4. The standard InChI is InChI=1S/C49H31N/c1-2-16-37-35(14-1)36-15-3-4-17-38(36)44-29-32(26-27-41(37)44)31-12-9-13-33(28-31)34-20-10-21-39-40-22-11-25-49(46(40)30-45(34)39)50-47-23-7-5-18-42(47)43-19-6-8-24-48(43)50/h1-29H,30H2. The average molecular weight is 634 g/mol. The number of benzene rings is 9. The lowest BCUT2D eigenvalue weighted by Gasteiger charge is -2.14. The maximum Gasteiger partial charge on any atom is 0.0541 e. The summed E-state index contributed by atoms with van der Waals surface area (Å²) in [7, 11) is 0. The molecule has 0 spiro atoms. The zero-order chi connectivity index (χ0) is 32.8. The van der Waals surface area contributed by atoms with Crippen molar-refractivity contribution in [1.29, 1.82) is 0 Å². The van der Waals surface area contributed by atoms with Gasteiger partial charge in [0.25, 0.3) is 0 Å². The van der Waals surface area contributed by atoms with E-state index in [1.54, 1.807) is 0 Å². The summed E-state index contributed by atoms with van der Waals surface area (Å²) >= 11 is 0. The van der Waals surface area contributed by atoms with Gasteiger partial charge in [0.05, 0.1) is 16.7 Å². The van der Waals surface area contributed by atoms with Crippen molar-refractivity contribution < 1.29 is 0 Å². The Morgan fingerprint density at radius 2 is 0.780 bits per heavy atom. The number of aromatic nitrogens is 1. The van der Waals surface area contributed by atoms with Crippen LogP contribution in [0.5, 0.6) is 0 Å². The number of hydrogen-bond acceptors (Lipinski definition) is 0. The maximum absolute atomic E-state index is 2.47. The monoisotopic (exact) mass is 633 g/mol. The Kier molecular flexibility index (Phi) is 5.79. The van der Waals surface area contributed by atoms with Crippen molar-refractivity contribution in [3.63, 3.8) is 0 Å². The summed E-state index contributed by atoms with van der Waals surface area (Å²) in [5.41, 5.74) is 14.3. The molecular formula is C49H31N. The summed E-state index contributed by atoms with van der Waals surface area (Å²) < 4.78 is 2.47. The van der Waals surface area contributed by atoms with E-state index in [9.17, 15) is 0 Å². The van der Waals surface area contributed by atoms with Gasteiger partial charge in [0.1, 0.15) is 0 Å². The molecule has 11 rings (SSSR count). The molecule has 1 heterocycles. The van der Waals surface area contributed by atoms with Crippen LogP contribution in [0, 0.1) is 0 Å². The zero-order valence-electron chi connectivity index (χ0n) is 27.4. The molecule has 0 N–H and O–H groups in total. The molecule has 0 saturated heterocycles. The molecule has 50 heavy (non-hydrogen) atoms. The molecule has 10 aromatic rings. The lowest BCUT2D eigenvalue weighted by molar-refractivity contribution is 1.12. The van der Waals surface area contributed by atoms with Gasteiger partial charge in [0.15, 0.2) is 0 Å². The number of rotatable bonds is 3. The minimum absolute atomic E-state index is 0.900. The Morgan fingerprint density at radius 3 is 1.46 bits per heavy atom. The average Bonchev–Trinajstić information content (AvgIpc) is 3.74. The second-order valence-corrected chi connectivity index (χ2v) is 13.6. The summed E-state index contributed by atoms with van der Waals surface area (Å²) in [6.45, 7) is 0. The molecule has 1 nitrogen and oxygen atoms in total. The van der Waals surface area contributed by atoms with E-state index in [1.807, 2.05) is 0 Å². The van der Waals surface area contributed by atoms with Crippen molar-refractivity contribution in [2.75, 3.05) is 0 Å². The molecule has 9 aromatic carbocycles. The molecule has 0 unspecified atom stereocenters. The highest BCUT2D eigenvalue weighted by atomic mass is 15.0. The summed E-state index contributed by atoms with van der Waals surface area (Å²) in [6.07, 6.45) is 0.900. The van der Waals surface area contributed by atoms with E-state index in [-0.39, 0.29) is 0 Å². The first kappa shape index (κ1) is 27.5. The van der Waals surface area contributed by atoms with E-state index in [0.717, 1.165) is 6.42 Å². The molecule has 0 atom stereocenters. The Balaban J connectivity index is 1.05. The molecule has 1 aliphatic rings. The highest BCUT2D eigenvalue weighted by Gasteiger charge is 2.26. The lowest BCUT2D eigenvalue weighted by Crippen LogP contribution is -1.99.